The zero-order valence-corrected chi connectivity index (χ0v) is 11.4. The SMILES string of the molecule is O=C(NC1CC2CCC(C1)C2=O)OCc1ccccc1. The van der Waals surface area contributed by atoms with Crippen LogP contribution in [0.4, 0.5) is 4.79 Å². The van der Waals surface area contributed by atoms with E-state index in [1.54, 1.807) is 0 Å². The van der Waals surface area contributed by atoms with E-state index in [4.69, 9.17) is 4.74 Å². The van der Waals surface area contributed by atoms with Crippen molar-refractivity contribution >= 4 is 11.9 Å². The fraction of sp³-hybridized carbons (Fsp3) is 0.500. The number of rotatable bonds is 3. The Labute approximate surface area is 118 Å². The lowest BCUT2D eigenvalue weighted by molar-refractivity contribution is -0.126. The number of ether oxygens (including phenoxy) is 1. The van der Waals surface area contributed by atoms with Crippen molar-refractivity contribution in [2.45, 2.75) is 38.3 Å². The Morgan fingerprint density at radius 3 is 2.45 bits per heavy atom. The zero-order chi connectivity index (χ0) is 13.9. The number of fused-ring (bicyclic) bond motifs is 2. The van der Waals surface area contributed by atoms with Crippen LogP contribution in [0.15, 0.2) is 30.3 Å². The molecule has 0 aromatic heterocycles. The highest BCUT2D eigenvalue weighted by Gasteiger charge is 2.41. The Kier molecular flexibility index (Phi) is 3.72. The van der Waals surface area contributed by atoms with Crippen molar-refractivity contribution in [1.29, 1.82) is 0 Å². The van der Waals surface area contributed by atoms with E-state index in [1.807, 2.05) is 30.3 Å². The minimum atomic E-state index is -0.382. The highest BCUT2D eigenvalue weighted by Crippen LogP contribution is 2.39. The standard InChI is InChI=1S/C16H19NO3/c18-15-12-6-7-13(15)9-14(8-12)17-16(19)20-10-11-4-2-1-3-5-11/h1-5,12-14H,6-10H2,(H,17,19). The van der Waals surface area contributed by atoms with Crippen LogP contribution in [-0.2, 0) is 16.1 Å². The maximum Gasteiger partial charge on any atom is 0.407 e. The summed E-state index contributed by atoms with van der Waals surface area (Å²) in [6.07, 6.45) is 3.14. The molecule has 0 spiro atoms. The Morgan fingerprint density at radius 1 is 1.15 bits per heavy atom. The van der Waals surface area contributed by atoms with Gasteiger partial charge in [0.25, 0.3) is 0 Å². The van der Waals surface area contributed by atoms with Gasteiger partial charge < -0.3 is 10.1 Å². The van der Waals surface area contributed by atoms with Crippen LogP contribution in [0, 0.1) is 11.8 Å². The molecule has 2 fully saturated rings. The summed E-state index contributed by atoms with van der Waals surface area (Å²) < 4.78 is 5.21. The first-order valence-electron chi connectivity index (χ1n) is 7.23. The van der Waals surface area contributed by atoms with Crippen LogP contribution in [0.3, 0.4) is 0 Å². The summed E-state index contributed by atoms with van der Waals surface area (Å²) in [6, 6.07) is 9.70. The van der Waals surface area contributed by atoms with E-state index in [0.29, 0.717) is 5.78 Å². The van der Waals surface area contributed by atoms with Gasteiger partial charge >= 0.3 is 6.09 Å². The van der Waals surface area contributed by atoms with Crippen LogP contribution in [0.1, 0.15) is 31.2 Å². The highest BCUT2D eigenvalue weighted by molar-refractivity contribution is 5.86. The molecule has 2 saturated carbocycles. The van der Waals surface area contributed by atoms with Gasteiger partial charge in [-0.2, -0.15) is 0 Å². The lowest BCUT2D eigenvalue weighted by atomic mass is 9.84. The lowest BCUT2D eigenvalue weighted by Gasteiger charge is -2.27. The minimum Gasteiger partial charge on any atom is -0.445 e. The predicted octanol–water partition coefficient (Wildman–Crippen LogP) is 2.67. The number of carbonyl (C=O) groups excluding carboxylic acids is 2. The number of hydrogen-bond acceptors (Lipinski definition) is 3. The van der Waals surface area contributed by atoms with E-state index in [0.717, 1.165) is 31.2 Å². The van der Waals surface area contributed by atoms with Crippen LogP contribution in [0.2, 0.25) is 0 Å². The van der Waals surface area contributed by atoms with Crippen molar-refractivity contribution in [2.75, 3.05) is 0 Å². The van der Waals surface area contributed by atoms with Gasteiger partial charge in [0.1, 0.15) is 12.4 Å². The molecule has 106 valence electrons. The molecule has 1 amide bonds. The zero-order valence-electron chi connectivity index (χ0n) is 11.4. The third-order valence-electron chi connectivity index (χ3n) is 4.34. The molecule has 0 heterocycles. The first kappa shape index (κ1) is 13.2. The summed E-state index contributed by atoms with van der Waals surface area (Å²) in [5.41, 5.74) is 0.974. The molecule has 2 aliphatic rings. The number of benzene rings is 1. The molecule has 4 nitrogen and oxygen atoms in total. The normalized spacial score (nSPS) is 28.2. The Bertz CT molecular complexity index is 484. The smallest absolute Gasteiger partial charge is 0.407 e. The topological polar surface area (TPSA) is 55.4 Å². The first-order chi connectivity index (χ1) is 9.72. The largest absolute Gasteiger partial charge is 0.445 e. The first-order valence-corrected chi connectivity index (χ1v) is 7.23. The van der Waals surface area contributed by atoms with Gasteiger partial charge in [-0.1, -0.05) is 30.3 Å². The second-order valence-electron chi connectivity index (χ2n) is 5.75. The van der Waals surface area contributed by atoms with Crippen molar-refractivity contribution in [2.24, 2.45) is 11.8 Å². The van der Waals surface area contributed by atoms with Gasteiger partial charge in [-0.05, 0) is 31.2 Å². The molecule has 0 saturated heterocycles. The van der Waals surface area contributed by atoms with Crippen molar-refractivity contribution in [3.05, 3.63) is 35.9 Å². The Morgan fingerprint density at radius 2 is 1.80 bits per heavy atom. The Hall–Kier alpha value is -1.84. The molecule has 1 aromatic carbocycles. The number of nitrogens with one attached hydrogen (secondary N) is 1. The number of alkyl carbamates (subject to hydrolysis) is 1. The summed E-state index contributed by atoms with van der Waals surface area (Å²) in [7, 11) is 0. The number of amides is 1. The molecule has 1 N–H and O–H groups in total. The molecule has 2 atom stereocenters. The molecule has 0 aliphatic heterocycles. The third kappa shape index (κ3) is 2.84. The van der Waals surface area contributed by atoms with Crippen molar-refractivity contribution < 1.29 is 14.3 Å². The maximum absolute atomic E-state index is 11.8. The summed E-state index contributed by atoms with van der Waals surface area (Å²) in [5.74, 6) is 0.724. The molecule has 4 heteroatoms. The highest BCUT2D eigenvalue weighted by atomic mass is 16.5. The molecule has 20 heavy (non-hydrogen) atoms. The fourth-order valence-corrected chi connectivity index (χ4v) is 3.32. The molecular weight excluding hydrogens is 254 g/mol. The van der Waals surface area contributed by atoms with Crippen molar-refractivity contribution in [3.8, 4) is 0 Å². The molecule has 2 bridgehead atoms. The third-order valence-corrected chi connectivity index (χ3v) is 4.34. The van der Waals surface area contributed by atoms with Crippen molar-refractivity contribution in [1.82, 2.24) is 5.32 Å². The van der Waals surface area contributed by atoms with Gasteiger partial charge in [0, 0.05) is 17.9 Å². The van der Waals surface area contributed by atoms with E-state index < -0.39 is 0 Å². The average molecular weight is 273 g/mol. The van der Waals surface area contributed by atoms with Gasteiger partial charge in [-0.15, -0.1) is 0 Å². The lowest BCUT2D eigenvalue weighted by Crippen LogP contribution is -2.42. The minimum absolute atomic E-state index is 0.0912. The summed E-state index contributed by atoms with van der Waals surface area (Å²) in [5, 5.41) is 2.90. The Balaban J connectivity index is 1.47. The average Bonchev–Trinajstić information content (AvgIpc) is 2.68. The van der Waals surface area contributed by atoms with Crippen LogP contribution in [0.25, 0.3) is 0 Å². The van der Waals surface area contributed by atoms with Crippen LogP contribution >= 0.6 is 0 Å². The fourth-order valence-electron chi connectivity index (χ4n) is 3.32. The van der Waals surface area contributed by atoms with Crippen molar-refractivity contribution in [3.63, 3.8) is 0 Å². The van der Waals surface area contributed by atoms with E-state index in [1.165, 1.54) is 0 Å². The molecule has 3 rings (SSSR count). The van der Waals surface area contributed by atoms with Gasteiger partial charge in [0.2, 0.25) is 0 Å². The van der Waals surface area contributed by atoms with E-state index in [2.05, 4.69) is 5.32 Å². The molecule has 0 radical (unpaired) electrons. The maximum atomic E-state index is 11.8. The van der Waals surface area contributed by atoms with Gasteiger partial charge in [0.15, 0.2) is 0 Å². The van der Waals surface area contributed by atoms with Crippen LogP contribution < -0.4 is 5.32 Å². The molecule has 1 aromatic rings. The summed E-state index contributed by atoms with van der Waals surface area (Å²) in [6.45, 7) is 0.283. The summed E-state index contributed by atoms with van der Waals surface area (Å²) in [4.78, 5) is 23.6. The van der Waals surface area contributed by atoms with Gasteiger partial charge in [0.05, 0.1) is 0 Å². The van der Waals surface area contributed by atoms with E-state index in [9.17, 15) is 9.59 Å². The monoisotopic (exact) mass is 273 g/mol. The number of hydrogen-bond donors (Lipinski definition) is 1. The molecule has 2 unspecified atom stereocenters. The number of Topliss-reactive ketones (excluding diaryl/α,β-unsaturated/α-hetero) is 1. The number of ketones is 1. The van der Waals surface area contributed by atoms with E-state index in [-0.39, 0.29) is 30.6 Å². The quantitative estimate of drug-likeness (QED) is 0.921. The summed E-state index contributed by atoms with van der Waals surface area (Å²) >= 11 is 0. The van der Waals surface area contributed by atoms with Crippen LogP contribution in [0.5, 0.6) is 0 Å². The van der Waals surface area contributed by atoms with E-state index >= 15 is 0 Å². The second kappa shape index (κ2) is 5.65. The second-order valence-corrected chi connectivity index (χ2v) is 5.75. The van der Waals surface area contributed by atoms with Gasteiger partial charge in [-0.25, -0.2) is 4.79 Å². The number of carbonyl (C=O) groups is 2. The predicted molar refractivity (Wildman–Crippen MR) is 74.0 cm³/mol. The molecular formula is C16H19NO3. The van der Waals surface area contributed by atoms with Gasteiger partial charge in [-0.3, -0.25) is 4.79 Å². The van der Waals surface area contributed by atoms with Crippen LogP contribution in [-0.4, -0.2) is 17.9 Å². The molecule has 2 aliphatic carbocycles.